The van der Waals surface area contributed by atoms with Crippen molar-refractivity contribution in [2.24, 2.45) is 11.8 Å². The van der Waals surface area contributed by atoms with E-state index in [1.807, 2.05) is 4.90 Å². The molecule has 15 heteroatoms. The summed E-state index contributed by atoms with van der Waals surface area (Å²) in [6.07, 6.45) is -20.3. The molecule has 3 heterocycles. The molecule has 2 atom stereocenters. The summed E-state index contributed by atoms with van der Waals surface area (Å²) in [5.41, 5.74) is 1.14. The van der Waals surface area contributed by atoms with Crippen molar-refractivity contribution in [1.82, 2.24) is 14.7 Å². The van der Waals surface area contributed by atoms with E-state index >= 15 is 0 Å². The quantitative estimate of drug-likeness (QED) is 0.447. The van der Waals surface area contributed by atoms with Gasteiger partial charge in [0.15, 0.2) is 0 Å². The highest BCUT2D eigenvalue weighted by Gasteiger charge is 2.60. The highest BCUT2D eigenvalue weighted by Crippen LogP contribution is 2.38. The van der Waals surface area contributed by atoms with E-state index in [0.29, 0.717) is 12.1 Å². The summed E-state index contributed by atoms with van der Waals surface area (Å²) in [7, 11) is 0. The average molecular weight is 563 g/mol. The van der Waals surface area contributed by atoms with Crippen LogP contribution in [0.4, 0.5) is 44.3 Å². The lowest BCUT2D eigenvalue weighted by molar-refractivity contribution is -0.308. The van der Waals surface area contributed by atoms with Gasteiger partial charge in [-0.3, -0.25) is 9.80 Å². The van der Waals surface area contributed by atoms with Crippen LogP contribution in [-0.2, 0) is 17.8 Å². The summed E-state index contributed by atoms with van der Waals surface area (Å²) in [6.45, 7) is 2.82. The zero-order valence-corrected chi connectivity index (χ0v) is 20.0. The average Bonchev–Trinajstić information content (AvgIpc) is 3.48. The first kappa shape index (κ1) is 28.6. The molecule has 0 aliphatic carbocycles. The van der Waals surface area contributed by atoms with Crippen LogP contribution in [0.3, 0.4) is 0 Å². The van der Waals surface area contributed by atoms with Gasteiger partial charge in [0.2, 0.25) is 0 Å². The number of hydrogen-bond donors (Lipinski definition) is 0. The Hall–Kier alpha value is -2.42. The molecule has 0 saturated carbocycles. The van der Waals surface area contributed by atoms with Gasteiger partial charge >= 0.3 is 24.8 Å². The van der Waals surface area contributed by atoms with E-state index in [2.05, 4.69) is 14.4 Å². The third-order valence-corrected chi connectivity index (χ3v) is 6.98. The largest absolute Gasteiger partial charge is 0.573 e. The van der Waals surface area contributed by atoms with Gasteiger partial charge in [0.05, 0.1) is 0 Å². The number of halogens is 9. The Kier molecular flexibility index (Phi) is 7.99. The Morgan fingerprint density at radius 3 is 1.95 bits per heavy atom. The molecule has 0 N–H and O–H groups in total. The number of fused-ring (bicyclic) bond motifs is 1. The predicted octanol–water partition coefficient (Wildman–Crippen LogP) is 5.17. The minimum absolute atomic E-state index is 0.0981. The Bertz CT molecular complexity index is 965. The van der Waals surface area contributed by atoms with Crippen molar-refractivity contribution in [3.8, 4) is 5.75 Å². The second-order valence-electron chi connectivity index (χ2n) is 9.94. The molecule has 3 aliphatic rings. The van der Waals surface area contributed by atoms with Crippen LogP contribution in [0.15, 0.2) is 18.2 Å². The van der Waals surface area contributed by atoms with Gasteiger partial charge in [0, 0.05) is 44.8 Å². The van der Waals surface area contributed by atoms with Gasteiger partial charge in [-0.25, -0.2) is 4.79 Å². The number of benzene rings is 1. The van der Waals surface area contributed by atoms with Crippen molar-refractivity contribution in [3.05, 3.63) is 29.3 Å². The zero-order valence-electron chi connectivity index (χ0n) is 20.0. The molecular formula is C23H26F9N3O3. The Balaban J connectivity index is 1.38. The van der Waals surface area contributed by atoms with Crippen LogP contribution in [0.5, 0.6) is 5.75 Å². The lowest BCUT2D eigenvalue weighted by atomic mass is 10.0. The van der Waals surface area contributed by atoms with Crippen LogP contribution in [0.25, 0.3) is 0 Å². The first-order valence-corrected chi connectivity index (χ1v) is 12.0. The molecule has 0 aromatic heterocycles. The number of nitrogens with zero attached hydrogens (tertiary/aromatic N) is 3. The number of likely N-dealkylation sites (tertiary alicyclic amines) is 3. The number of ether oxygens (including phenoxy) is 2. The topological polar surface area (TPSA) is 45.2 Å². The van der Waals surface area contributed by atoms with Crippen molar-refractivity contribution in [1.29, 1.82) is 0 Å². The number of carbonyl (C=O) groups excluding carboxylic acids is 1. The van der Waals surface area contributed by atoms with Crippen LogP contribution in [0.2, 0.25) is 0 Å². The number of rotatable bonds is 6. The molecule has 1 aromatic rings. The van der Waals surface area contributed by atoms with E-state index in [1.54, 1.807) is 12.1 Å². The molecule has 38 heavy (non-hydrogen) atoms. The second-order valence-corrected chi connectivity index (χ2v) is 9.94. The minimum Gasteiger partial charge on any atom is -0.426 e. The SMILES string of the molecule is O=C(OC(C(F)(F)F)C(F)(F)F)N1CC2CN(Cc3cc(CN4CCCC4)ccc3OC(F)(F)F)CC2C1. The number of carbonyl (C=O) groups is 1. The molecule has 0 spiro atoms. The van der Waals surface area contributed by atoms with Gasteiger partial charge in [-0.05, 0) is 55.5 Å². The Morgan fingerprint density at radius 1 is 0.842 bits per heavy atom. The number of amides is 1. The number of alkyl halides is 9. The van der Waals surface area contributed by atoms with Gasteiger partial charge in [0.1, 0.15) is 5.75 Å². The molecule has 3 fully saturated rings. The van der Waals surface area contributed by atoms with E-state index in [-0.39, 0.29) is 50.3 Å². The Labute approximate surface area is 212 Å². The smallest absolute Gasteiger partial charge is 0.426 e. The third-order valence-electron chi connectivity index (χ3n) is 6.98. The van der Waals surface area contributed by atoms with Crippen LogP contribution in [-0.4, -0.2) is 84.9 Å². The highest BCUT2D eigenvalue weighted by molar-refractivity contribution is 5.68. The summed E-state index contributed by atoms with van der Waals surface area (Å²) in [5, 5.41) is 0. The summed E-state index contributed by atoms with van der Waals surface area (Å²) < 4.78 is 123. The molecule has 2 unspecified atom stereocenters. The molecule has 6 nitrogen and oxygen atoms in total. The summed E-state index contributed by atoms with van der Waals surface area (Å²) >= 11 is 0. The standard InChI is InChI=1S/C23H26F9N3O3/c24-21(25,26)19(22(27,28)29)37-20(36)35-12-16-10-34(11-17(16)13-35)9-15-7-14(8-33-5-1-2-6-33)3-4-18(15)38-23(30,31)32/h3-4,7,16-17,19H,1-2,5-6,8-13H2. The summed E-state index contributed by atoms with van der Waals surface area (Å²) in [5.74, 6) is -0.898. The minimum atomic E-state index is -5.81. The molecule has 214 valence electrons. The highest BCUT2D eigenvalue weighted by atomic mass is 19.4. The molecule has 4 rings (SSSR count). The molecule has 1 aromatic carbocycles. The van der Waals surface area contributed by atoms with Crippen LogP contribution in [0, 0.1) is 11.8 Å². The van der Waals surface area contributed by atoms with Crippen LogP contribution >= 0.6 is 0 Å². The van der Waals surface area contributed by atoms with E-state index in [1.165, 1.54) is 6.07 Å². The maximum atomic E-state index is 13.0. The van der Waals surface area contributed by atoms with Gasteiger partial charge in [-0.15, -0.1) is 13.2 Å². The summed E-state index contributed by atoms with van der Waals surface area (Å²) in [4.78, 5) is 16.9. The Morgan fingerprint density at radius 2 is 1.42 bits per heavy atom. The second kappa shape index (κ2) is 10.6. The third kappa shape index (κ3) is 7.16. The monoisotopic (exact) mass is 563 g/mol. The van der Waals surface area contributed by atoms with E-state index < -0.39 is 30.9 Å². The lowest BCUT2D eigenvalue weighted by Crippen LogP contribution is -2.48. The van der Waals surface area contributed by atoms with Crippen molar-refractivity contribution in [2.45, 2.75) is 50.8 Å². The first-order chi connectivity index (χ1) is 17.6. The number of hydrogen-bond acceptors (Lipinski definition) is 5. The first-order valence-electron chi connectivity index (χ1n) is 12.0. The fraction of sp³-hybridized carbons (Fsp3) is 0.696. The molecule has 3 aliphatic heterocycles. The van der Waals surface area contributed by atoms with Crippen LogP contribution in [0.1, 0.15) is 24.0 Å². The van der Waals surface area contributed by atoms with Gasteiger partial charge in [-0.1, -0.05) is 6.07 Å². The summed E-state index contributed by atoms with van der Waals surface area (Å²) in [6, 6.07) is 4.52. The van der Waals surface area contributed by atoms with Crippen molar-refractivity contribution in [3.63, 3.8) is 0 Å². The molecule has 3 saturated heterocycles. The van der Waals surface area contributed by atoms with E-state index in [4.69, 9.17) is 0 Å². The molecule has 1 amide bonds. The molecular weight excluding hydrogens is 537 g/mol. The predicted molar refractivity (Wildman–Crippen MR) is 114 cm³/mol. The van der Waals surface area contributed by atoms with Crippen molar-refractivity contribution < 1.29 is 53.8 Å². The van der Waals surface area contributed by atoms with Gasteiger partial charge in [0.25, 0.3) is 6.10 Å². The normalized spacial score (nSPS) is 23.4. The zero-order chi connectivity index (χ0) is 27.9. The van der Waals surface area contributed by atoms with Gasteiger partial charge < -0.3 is 14.4 Å². The van der Waals surface area contributed by atoms with Crippen molar-refractivity contribution >= 4 is 6.09 Å². The fourth-order valence-electron chi connectivity index (χ4n) is 5.38. The van der Waals surface area contributed by atoms with Crippen molar-refractivity contribution in [2.75, 3.05) is 39.3 Å². The van der Waals surface area contributed by atoms with Crippen LogP contribution < -0.4 is 4.74 Å². The van der Waals surface area contributed by atoms with E-state index in [0.717, 1.165) is 36.4 Å². The maximum absolute atomic E-state index is 13.0. The molecule has 0 radical (unpaired) electrons. The van der Waals surface area contributed by atoms with E-state index in [9.17, 15) is 44.3 Å². The van der Waals surface area contributed by atoms with Gasteiger partial charge in [-0.2, -0.15) is 26.3 Å². The molecule has 0 bridgehead atoms. The fourth-order valence-corrected chi connectivity index (χ4v) is 5.38. The maximum Gasteiger partial charge on any atom is 0.573 e. The lowest BCUT2D eigenvalue weighted by Gasteiger charge is -2.26.